The van der Waals surface area contributed by atoms with E-state index in [0.29, 0.717) is 12.4 Å². The van der Waals surface area contributed by atoms with E-state index in [0.717, 1.165) is 38.4 Å². The molecule has 0 amide bonds. The Hall–Kier alpha value is -1.80. The molecule has 28 heavy (non-hydrogen) atoms. The van der Waals surface area contributed by atoms with E-state index < -0.39 is 0 Å². The Balaban J connectivity index is 0.00000280. The molecule has 0 spiro atoms. The molecule has 5 nitrogen and oxygen atoms in total. The molecule has 1 saturated heterocycles. The fourth-order valence-electron chi connectivity index (χ4n) is 3.47. The van der Waals surface area contributed by atoms with Crippen LogP contribution in [0.25, 0.3) is 0 Å². The number of ether oxygens (including phenoxy) is 1. The zero-order valence-electron chi connectivity index (χ0n) is 16.6. The van der Waals surface area contributed by atoms with Crippen LogP contribution in [0.3, 0.4) is 0 Å². The third kappa shape index (κ3) is 6.10. The molecule has 6 heteroatoms. The summed E-state index contributed by atoms with van der Waals surface area (Å²) in [5.41, 5.74) is 3.75. The number of aromatic hydroxyl groups is 1. The van der Waals surface area contributed by atoms with Crippen molar-refractivity contribution in [3.63, 3.8) is 0 Å². The largest absolute Gasteiger partial charge is 0.508 e. The number of hydrogen-bond acceptors (Lipinski definition) is 3. The molecule has 0 aromatic heterocycles. The Morgan fingerprint density at radius 2 is 1.96 bits per heavy atom. The predicted octanol–water partition coefficient (Wildman–Crippen LogP) is 3.90. The third-order valence-electron chi connectivity index (χ3n) is 4.97. The summed E-state index contributed by atoms with van der Waals surface area (Å²) in [7, 11) is 1.83. The molecule has 0 aliphatic carbocycles. The van der Waals surface area contributed by atoms with E-state index >= 15 is 0 Å². The average molecular weight is 495 g/mol. The fourth-order valence-corrected chi connectivity index (χ4v) is 3.47. The lowest BCUT2D eigenvalue weighted by Crippen LogP contribution is -2.48. The van der Waals surface area contributed by atoms with Crippen LogP contribution in [-0.4, -0.2) is 49.3 Å². The van der Waals surface area contributed by atoms with Gasteiger partial charge in [-0.3, -0.25) is 4.99 Å². The number of halogens is 1. The number of nitrogens with one attached hydrogen (secondary N) is 1. The Kier molecular flexibility index (Phi) is 9.05. The van der Waals surface area contributed by atoms with E-state index in [2.05, 4.69) is 46.4 Å². The van der Waals surface area contributed by atoms with Gasteiger partial charge >= 0.3 is 0 Å². The lowest BCUT2D eigenvalue weighted by atomic mass is 10.0. The summed E-state index contributed by atoms with van der Waals surface area (Å²) in [6.45, 7) is 5.35. The van der Waals surface area contributed by atoms with Gasteiger partial charge in [-0.2, -0.15) is 0 Å². The number of guanidine groups is 1. The van der Waals surface area contributed by atoms with Crippen molar-refractivity contribution in [3.05, 3.63) is 65.2 Å². The summed E-state index contributed by atoms with van der Waals surface area (Å²) >= 11 is 0. The molecule has 2 aromatic carbocycles. The lowest BCUT2D eigenvalue weighted by Gasteiger charge is -2.35. The molecular formula is C22H30IN3O2. The molecule has 0 radical (unpaired) electrons. The number of phenols is 1. The maximum atomic E-state index is 9.35. The van der Waals surface area contributed by atoms with Crippen LogP contribution in [0.5, 0.6) is 5.75 Å². The number of phenolic OH excluding ortho intramolecular Hbond substituents is 1. The summed E-state index contributed by atoms with van der Waals surface area (Å²) in [6, 6.07) is 15.8. The maximum Gasteiger partial charge on any atom is 0.193 e. The first-order chi connectivity index (χ1) is 13.2. The highest BCUT2D eigenvalue weighted by atomic mass is 127. The number of aryl methyl sites for hydroxylation is 2. The summed E-state index contributed by atoms with van der Waals surface area (Å²) in [6.07, 6.45) is 2.06. The molecule has 1 heterocycles. The Labute approximate surface area is 184 Å². The molecule has 2 N–H and O–H groups in total. The van der Waals surface area contributed by atoms with E-state index in [1.54, 1.807) is 12.1 Å². The minimum absolute atomic E-state index is 0. The Bertz CT molecular complexity index is 765. The average Bonchev–Trinajstić information content (AvgIpc) is 2.70. The number of nitrogens with zero attached hydrogens (tertiary/aromatic N) is 2. The second-order valence-electron chi connectivity index (χ2n) is 6.91. The van der Waals surface area contributed by atoms with Gasteiger partial charge in [0.2, 0.25) is 0 Å². The maximum absolute atomic E-state index is 9.35. The molecule has 1 aliphatic heterocycles. The van der Waals surface area contributed by atoms with Crippen molar-refractivity contribution in [1.29, 1.82) is 0 Å². The molecule has 1 unspecified atom stereocenters. The molecule has 0 bridgehead atoms. The van der Waals surface area contributed by atoms with Crippen LogP contribution in [-0.2, 0) is 11.2 Å². The van der Waals surface area contributed by atoms with Gasteiger partial charge in [0.25, 0.3) is 0 Å². The van der Waals surface area contributed by atoms with E-state index in [4.69, 9.17) is 4.74 Å². The lowest BCUT2D eigenvalue weighted by molar-refractivity contribution is -0.00830. The van der Waals surface area contributed by atoms with Crippen LogP contribution >= 0.6 is 24.0 Å². The van der Waals surface area contributed by atoms with Gasteiger partial charge in [0.05, 0.1) is 13.2 Å². The zero-order valence-corrected chi connectivity index (χ0v) is 18.9. The molecule has 0 saturated carbocycles. The van der Waals surface area contributed by atoms with E-state index in [-0.39, 0.29) is 30.1 Å². The van der Waals surface area contributed by atoms with Crippen molar-refractivity contribution >= 4 is 29.9 Å². The monoisotopic (exact) mass is 495 g/mol. The molecule has 1 aliphatic rings. The number of benzene rings is 2. The molecule has 152 valence electrons. The van der Waals surface area contributed by atoms with Gasteiger partial charge in [-0.05, 0) is 48.6 Å². The van der Waals surface area contributed by atoms with Crippen molar-refractivity contribution in [3.8, 4) is 5.75 Å². The van der Waals surface area contributed by atoms with Gasteiger partial charge in [0.15, 0.2) is 5.96 Å². The standard InChI is InChI=1S/C22H29N3O2.HI/c1-17-6-3-4-8-20(17)21-16-25(14-15-27-21)22(23-2)24-13-5-7-18-9-11-19(26)12-10-18;/h3-4,6,8-12,21,26H,5,7,13-16H2,1-2H3,(H,23,24);1H. The van der Waals surface area contributed by atoms with Crippen molar-refractivity contribution in [1.82, 2.24) is 10.2 Å². The highest BCUT2D eigenvalue weighted by Gasteiger charge is 2.24. The van der Waals surface area contributed by atoms with Gasteiger partial charge in [0, 0.05) is 20.1 Å². The first kappa shape index (κ1) is 22.5. The summed E-state index contributed by atoms with van der Waals surface area (Å²) < 4.78 is 6.02. The van der Waals surface area contributed by atoms with Crippen LogP contribution in [0.2, 0.25) is 0 Å². The highest BCUT2D eigenvalue weighted by Crippen LogP contribution is 2.24. The van der Waals surface area contributed by atoms with Crippen LogP contribution < -0.4 is 5.32 Å². The number of hydrogen-bond donors (Lipinski definition) is 2. The van der Waals surface area contributed by atoms with Gasteiger partial charge in [-0.15, -0.1) is 24.0 Å². The Morgan fingerprint density at radius 3 is 2.68 bits per heavy atom. The first-order valence-corrected chi connectivity index (χ1v) is 9.58. The normalized spacial score (nSPS) is 17.1. The summed E-state index contributed by atoms with van der Waals surface area (Å²) in [5.74, 6) is 1.25. The Morgan fingerprint density at radius 1 is 1.21 bits per heavy atom. The SMILES string of the molecule is CN=C(NCCCc1ccc(O)cc1)N1CCOC(c2ccccc2C)C1.I. The number of morpholine rings is 1. The fraction of sp³-hybridized carbons (Fsp3) is 0.409. The van der Waals surface area contributed by atoms with E-state index in [1.165, 1.54) is 16.7 Å². The van der Waals surface area contributed by atoms with Gasteiger partial charge in [-0.25, -0.2) is 0 Å². The predicted molar refractivity (Wildman–Crippen MR) is 125 cm³/mol. The minimum atomic E-state index is 0. The molecule has 1 fully saturated rings. The molecule has 1 atom stereocenters. The van der Waals surface area contributed by atoms with Gasteiger partial charge < -0.3 is 20.1 Å². The first-order valence-electron chi connectivity index (χ1n) is 9.58. The molecule has 2 aromatic rings. The van der Waals surface area contributed by atoms with Gasteiger partial charge in [-0.1, -0.05) is 36.4 Å². The quantitative estimate of drug-likeness (QED) is 0.286. The van der Waals surface area contributed by atoms with E-state index in [9.17, 15) is 5.11 Å². The highest BCUT2D eigenvalue weighted by molar-refractivity contribution is 14.0. The topological polar surface area (TPSA) is 57.1 Å². The molecular weight excluding hydrogens is 465 g/mol. The third-order valence-corrected chi connectivity index (χ3v) is 4.97. The zero-order chi connectivity index (χ0) is 19.1. The van der Waals surface area contributed by atoms with Crippen molar-refractivity contribution in [2.45, 2.75) is 25.9 Å². The number of rotatable bonds is 5. The molecule has 3 rings (SSSR count). The van der Waals surface area contributed by atoms with Crippen LogP contribution in [0.4, 0.5) is 0 Å². The van der Waals surface area contributed by atoms with Crippen molar-refractivity contribution < 1.29 is 9.84 Å². The van der Waals surface area contributed by atoms with Crippen molar-refractivity contribution in [2.24, 2.45) is 4.99 Å². The van der Waals surface area contributed by atoms with Crippen LogP contribution in [0, 0.1) is 6.92 Å². The second-order valence-corrected chi connectivity index (χ2v) is 6.91. The smallest absolute Gasteiger partial charge is 0.193 e. The van der Waals surface area contributed by atoms with Gasteiger partial charge in [0.1, 0.15) is 11.9 Å². The van der Waals surface area contributed by atoms with Crippen LogP contribution in [0.1, 0.15) is 29.2 Å². The summed E-state index contributed by atoms with van der Waals surface area (Å²) in [4.78, 5) is 6.74. The minimum Gasteiger partial charge on any atom is -0.508 e. The van der Waals surface area contributed by atoms with E-state index in [1.807, 2.05) is 19.2 Å². The van der Waals surface area contributed by atoms with Crippen LogP contribution in [0.15, 0.2) is 53.5 Å². The van der Waals surface area contributed by atoms with Crippen molar-refractivity contribution in [2.75, 3.05) is 33.3 Å². The summed E-state index contributed by atoms with van der Waals surface area (Å²) in [5, 5.41) is 12.8. The number of aliphatic imine (C=N–C) groups is 1. The second kappa shape index (κ2) is 11.3.